The monoisotopic (exact) mass is 293 g/mol. The van der Waals surface area contributed by atoms with E-state index in [2.05, 4.69) is 15.6 Å². The van der Waals surface area contributed by atoms with E-state index in [0.29, 0.717) is 10.7 Å². The first-order chi connectivity index (χ1) is 9.24. The molecule has 2 heterocycles. The molecule has 2 N–H and O–H groups in total. The van der Waals surface area contributed by atoms with Crippen LogP contribution in [0.2, 0.25) is 5.02 Å². The second kappa shape index (κ2) is 5.36. The van der Waals surface area contributed by atoms with Crippen LogP contribution < -0.4 is 10.6 Å². The SMILES string of the molecule is O=C(Nc1cc(Cl)cc2cccnc12)C1CSCN1. The Morgan fingerprint density at radius 1 is 1.53 bits per heavy atom. The summed E-state index contributed by atoms with van der Waals surface area (Å²) in [4.78, 5) is 16.4. The third-order valence-corrected chi connectivity index (χ3v) is 4.12. The van der Waals surface area contributed by atoms with Gasteiger partial charge >= 0.3 is 0 Å². The van der Waals surface area contributed by atoms with E-state index in [9.17, 15) is 4.79 Å². The number of thioether (sulfide) groups is 1. The van der Waals surface area contributed by atoms with Gasteiger partial charge in [-0.2, -0.15) is 0 Å². The van der Waals surface area contributed by atoms with E-state index in [4.69, 9.17) is 11.6 Å². The van der Waals surface area contributed by atoms with Gasteiger partial charge in [0, 0.05) is 28.2 Å². The molecular formula is C13H12ClN3OS. The van der Waals surface area contributed by atoms with Gasteiger partial charge in [-0.3, -0.25) is 15.1 Å². The molecule has 2 aromatic rings. The Morgan fingerprint density at radius 2 is 2.42 bits per heavy atom. The van der Waals surface area contributed by atoms with Gasteiger partial charge in [0.1, 0.15) is 0 Å². The van der Waals surface area contributed by atoms with Crippen molar-refractivity contribution >= 4 is 45.9 Å². The largest absolute Gasteiger partial charge is 0.323 e. The molecule has 1 atom stereocenters. The Hall–Kier alpha value is -1.30. The van der Waals surface area contributed by atoms with Crippen molar-refractivity contribution in [3.8, 4) is 0 Å². The molecule has 0 radical (unpaired) electrons. The van der Waals surface area contributed by atoms with Crippen LogP contribution in [0.5, 0.6) is 0 Å². The first kappa shape index (κ1) is 12.7. The van der Waals surface area contributed by atoms with Crippen LogP contribution in [-0.4, -0.2) is 28.6 Å². The first-order valence-electron chi connectivity index (χ1n) is 5.90. The zero-order valence-electron chi connectivity index (χ0n) is 10.0. The highest BCUT2D eigenvalue weighted by Gasteiger charge is 2.23. The predicted molar refractivity (Wildman–Crippen MR) is 79.6 cm³/mol. The number of carbonyl (C=O) groups is 1. The van der Waals surface area contributed by atoms with Crippen molar-refractivity contribution in [3.05, 3.63) is 35.5 Å². The summed E-state index contributed by atoms with van der Waals surface area (Å²) in [6.45, 7) is 0. The summed E-state index contributed by atoms with van der Waals surface area (Å²) in [5, 5.41) is 7.55. The lowest BCUT2D eigenvalue weighted by molar-refractivity contribution is -0.117. The first-order valence-corrected chi connectivity index (χ1v) is 7.43. The van der Waals surface area contributed by atoms with Gasteiger partial charge in [-0.15, -0.1) is 11.8 Å². The molecule has 6 heteroatoms. The summed E-state index contributed by atoms with van der Waals surface area (Å²) in [6.07, 6.45) is 1.70. The molecule has 98 valence electrons. The van der Waals surface area contributed by atoms with E-state index in [-0.39, 0.29) is 11.9 Å². The molecule has 1 aromatic heterocycles. The summed E-state index contributed by atoms with van der Waals surface area (Å²) >= 11 is 7.78. The lowest BCUT2D eigenvalue weighted by Crippen LogP contribution is -2.37. The number of anilines is 1. The van der Waals surface area contributed by atoms with E-state index in [1.807, 2.05) is 18.2 Å². The minimum Gasteiger partial charge on any atom is -0.323 e. The third kappa shape index (κ3) is 2.68. The molecule has 0 aliphatic carbocycles. The van der Waals surface area contributed by atoms with Gasteiger partial charge < -0.3 is 5.32 Å². The molecule has 0 spiro atoms. The maximum absolute atomic E-state index is 12.1. The maximum Gasteiger partial charge on any atom is 0.242 e. The molecule has 0 bridgehead atoms. The van der Waals surface area contributed by atoms with Crippen molar-refractivity contribution < 1.29 is 4.79 Å². The molecule has 4 nitrogen and oxygen atoms in total. The molecule has 1 fully saturated rings. The van der Waals surface area contributed by atoms with Gasteiger partial charge in [-0.05, 0) is 18.2 Å². The quantitative estimate of drug-likeness (QED) is 0.893. The predicted octanol–water partition coefficient (Wildman–Crippen LogP) is 2.49. The second-order valence-electron chi connectivity index (χ2n) is 4.29. The topological polar surface area (TPSA) is 54.0 Å². The molecule has 1 aliphatic rings. The molecule has 1 amide bonds. The Balaban J connectivity index is 1.93. The summed E-state index contributed by atoms with van der Waals surface area (Å²) in [7, 11) is 0. The van der Waals surface area contributed by atoms with Crippen molar-refractivity contribution in [1.82, 2.24) is 10.3 Å². The molecule has 1 unspecified atom stereocenters. The maximum atomic E-state index is 12.1. The average molecular weight is 294 g/mol. The zero-order valence-corrected chi connectivity index (χ0v) is 11.6. The molecule has 19 heavy (non-hydrogen) atoms. The van der Waals surface area contributed by atoms with Crippen molar-refractivity contribution in [2.45, 2.75) is 6.04 Å². The number of pyridine rings is 1. The Labute approximate surface area is 119 Å². The Morgan fingerprint density at radius 3 is 3.21 bits per heavy atom. The fourth-order valence-corrected chi connectivity index (χ4v) is 3.20. The van der Waals surface area contributed by atoms with E-state index in [1.54, 1.807) is 24.0 Å². The summed E-state index contributed by atoms with van der Waals surface area (Å²) < 4.78 is 0. The number of aromatic nitrogens is 1. The van der Waals surface area contributed by atoms with Crippen LogP contribution in [0.1, 0.15) is 0 Å². The van der Waals surface area contributed by atoms with Gasteiger partial charge in [0.15, 0.2) is 0 Å². The molecule has 1 aromatic carbocycles. The highest BCUT2D eigenvalue weighted by Crippen LogP contribution is 2.26. The van der Waals surface area contributed by atoms with Gasteiger partial charge in [-0.25, -0.2) is 0 Å². The van der Waals surface area contributed by atoms with Crippen LogP contribution in [0.3, 0.4) is 0 Å². The number of hydrogen-bond acceptors (Lipinski definition) is 4. The lowest BCUT2D eigenvalue weighted by Gasteiger charge is -2.12. The van der Waals surface area contributed by atoms with Crippen LogP contribution >= 0.6 is 23.4 Å². The molecule has 3 rings (SSSR count). The van der Waals surface area contributed by atoms with Gasteiger partial charge in [0.2, 0.25) is 5.91 Å². The van der Waals surface area contributed by atoms with Crippen LogP contribution in [-0.2, 0) is 4.79 Å². The van der Waals surface area contributed by atoms with Crippen molar-refractivity contribution in [3.63, 3.8) is 0 Å². The highest BCUT2D eigenvalue weighted by atomic mass is 35.5. The normalized spacial score (nSPS) is 18.7. The number of nitrogens with zero attached hydrogens (tertiary/aromatic N) is 1. The Kier molecular flexibility index (Phi) is 3.59. The average Bonchev–Trinajstić information content (AvgIpc) is 2.92. The van der Waals surface area contributed by atoms with E-state index >= 15 is 0 Å². The van der Waals surface area contributed by atoms with Gasteiger partial charge in [0.25, 0.3) is 0 Å². The van der Waals surface area contributed by atoms with Gasteiger partial charge in [-0.1, -0.05) is 17.7 Å². The van der Waals surface area contributed by atoms with Crippen molar-refractivity contribution in [2.24, 2.45) is 0 Å². The van der Waals surface area contributed by atoms with Crippen LogP contribution in [0.15, 0.2) is 30.5 Å². The van der Waals surface area contributed by atoms with Crippen molar-refractivity contribution in [2.75, 3.05) is 16.9 Å². The molecule has 1 aliphatic heterocycles. The van der Waals surface area contributed by atoms with Crippen LogP contribution in [0.25, 0.3) is 10.9 Å². The second-order valence-corrected chi connectivity index (χ2v) is 5.76. The van der Waals surface area contributed by atoms with E-state index < -0.39 is 0 Å². The molecular weight excluding hydrogens is 282 g/mol. The highest BCUT2D eigenvalue weighted by molar-refractivity contribution is 7.99. The number of hydrogen-bond donors (Lipinski definition) is 2. The Bertz CT molecular complexity index is 628. The third-order valence-electron chi connectivity index (χ3n) is 2.96. The van der Waals surface area contributed by atoms with Gasteiger partial charge in [0.05, 0.1) is 17.2 Å². The summed E-state index contributed by atoms with van der Waals surface area (Å²) in [6, 6.07) is 7.19. The zero-order chi connectivity index (χ0) is 13.2. The van der Waals surface area contributed by atoms with Crippen molar-refractivity contribution in [1.29, 1.82) is 0 Å². The minimum atomic E-state index is -0.150. The number of benzene rings is 1. The van der Waals surface area contributed by atoms with E-state index in [0.717, 1.165) is 22.5 Å². The van der Waals surface area contributed by atoms with Crippen LogP contribution in [0.4, 0.5) is 5.69 Å². The fraction of sp³-hybridized carbons (Fsp3) is 0.231. The number of amides is 1. The number of rotatable bonds is 2. The standard InChI is InChI=1S/C13H12ClN3OS/c14-9-4-8-2-1-3-15-12(8)10(5-9)17-13(18)11-6-19-7-16-11/h1-5,11,16H,6-7H2,(H,17,18). The minimum absolute atomic E-state index is 0.0424. The number of nitrogens with one attached hydrogen (secondary N) is 2. The molecule has 0 saturated carbocycles. The van der Waals surface area contributed by atoms with Crippen LogP contribution in [0, 0.1) is 0 Å². The molecule has 1 saturated heterocycles. The smallest absolute Gasteiger partial charge is 0.242 e. The lowest BCUT2D eigenvalue weighted by atomic mass is 10.2. The van der Waals surface area contributed by atoms with E-state index in [1.165, 1.54) is 0 Å². The summed E-state index contributed by atoms with van der Waals surface area (Å²) in [5.41, 5.74) is 1.41. The number of halogens is 1. The number of carbonyl (C=O) groups excluding carboxylic acids is 1. The summed E-state index contributed by atoms with van der Waals surface area (Å²) in [5.74, 6) is 1.56. The number of fused-ring (bicyclic) bond motifs is 1. The fourth-order valence-electron chi connectivity index (χ4n) is 2.03.